The lowest BCUT2D eigenvalue weighted by Crippen LogP contribution is -2.40. The topological polar surface area (TPSA) is 66.8 Å². The Morgan fingerprint density at radius 1 is 1.35 bits per heavy atom. The number of piperidine rings is 1. The lowest BCUT2D eigenvalue weighted by Gasteiger charge is -2.30. The zero-order valence-electron chi connectivity index (χ0n) is 11.5. The second kappa shape index (κ2) is 6.52. The van der Waals surface area contributed by atoms with Crippen LogP contribution in [-0.4, -0.2) is 42.1 Å². The van der Waals surface area contributed by atoms with Gasteiger partial charge in [-0.2, -0.15) is 0 Å². The fraction of sp³-hybridized carbons (Fsp3) is 0.467. The number of ether oxygens (including phenoxy) is 1. The molecule has 1 amide bonds. The molecule has 0 aliphatic carbocycles. The average molecular weight is 277 g/mol. The summed E-state index contributed by atoms with van der Waals surface area (Å²) < 4.78 is 5.06. The van der Waals surface area contributed by atoms with Crippen LogP contribution in [0.2, 0.25) is 0 Å². The lowest BCUT2D eigenvalue weighted by atomic mass is 9.96. The summed E-state index contributed by atoms with van der Waals surface area (Å²) in [4.78, 5) is 25.0. The van der Waals surface area contributed by atoms with Gasteiger partial charge in [0, 0.05) is 25.8 Å². The molecule has 1 aromatic rings. The second-order valence-electron chi connectivity index (χ2n) is 5.04. The number of nitrogens with zero attached hydrogens (tertiary/aromatic N) is 1. The van der Waals surface area contributed by atoms with E-state index in [9.17, 15) is 9.59 Å². The van der Waals surface area contributed by atoms with Crippen LogP contribution in [0.4, 0.5) is 0 Å². The predicted molar refractivity (Wildman–Crippen MR) is 73.4 cm³/mol. The van der Waals surface area contributed by atoms with Gasteiger partial charge in [0.15, 0.2) is 0 Å². The van der Waals surface area contributed by atoms with Crippen molar-refractivity contribution in [2.75, 3.05) is 20.2 Å². The Hall–Kier alpha value is -1.88. The molecule has 1 aliphatic heterocycles. The van der Waals surface area contributed by atoms with Crippen LogP contribution in [0.1, 0.15) is 28.8 Å². The molecule has 0 spiro atoms. The molecule has 0 radical (unpaired) electrons. The smallest absolute Gasteiger partial charge is 0.306 e. The number of aliphatic carboxylic acids is 1. The number of amides is 1. The van der Waals surface area contributed by atoms with Gasteiger partial charge in [0.25, 0.3) is 5.91 Å². The summed E-state index contributed by atoms with van der Waals surface area (Å²) in [6.45, 7) is 1.48. The molecule has 1 aliphatic rings. The molecule has 0 aromatic heterocycles. The van der Waals surface area contributed by atoms with Crippen molar-refractivity contribution in [2.24, 2.45) is 5.92 Å². The fourth-order valence-electron chi connectivity index (χ4n) is 2.47. The number of methoxy groups -OCH3 is 1. The predicted octanol–water partition coefficient (Wildman–Crippen LogP) is 1.77. The number of carboxylic acids is 1. The van der Waals surface area contributed by atoms with E-state index in [1.807, 2.05) is 18.2 Å². The number of carbonyl (C=O) groups excluding carboxylic acids is 1. The van der Waals surface area contributed by atoms with Crippen molar-refractivity contribution in [3.63, 3.8) is 0 Å². The first kappa shape index (κ1) is 14.5. The number of hydrogen-bond acceptors (Lipinski definition) is 3. The number of hydrogen-bond donors (Lipinski definition) is 1. The quantitative estimate of drug-likeness (QED) is 0.910. The summed E-state index contributed by atoms with van der Waals surface area (Å²) in [6.07, 6.45) is 1.05. The van der Waals surface area contributed by atoms with Crippen molar-refractivity contribution in [3.8, 4) is 0 Å². The van der Waals surface area contributed by atoms with Gasteiger partial charge in [-0.3, -0.25) is 9.59 Å². The molecule has 5 nitrogen and oxygen atoms in total. The van der Waals surface area contributed by atoms with Gasteiger partial charge in [-0.05, 0) is 30.5 Å². The first-order chi connectivity index (χ1) is 9.61. The Bertz CT molecular complexity index is 492. The van der Waals surface area contributed by atoms with E-state index in [-0.39, 0.29) is 11.8 Å². The molecule has 1 saturated heterocycles. The largest absolute Gasteiger partial charge is 0.481 e. The van der Waals surface area contributed by atoms with Gasteiger partial charge in [-0.25, -0.2) is 0 Å². The molecule has 5 heteroatoms. The minimum Gasteiger partial charge on any atom is -0.481 e. The zero-order chi connectivity index (χ0) is 14.5. The second-order valence-corrected chi connectivity index (χ2v) is 5.04. The highest BCUT2D eigenvalue weighted by molar-refractivity contribution is 5.94. The van der Waals surface area contributed by atoms with Crippen LogP contribution >= 0.6 is 0 Å². The molecule has 0 unspecified atom stereocenters. The molecule has 2 rings (SSSR count). The molecular formula is C15H19NO4. The van der Waals surface area contributed by atoms with Crippen LogP contribution in [-0.2, 0) is 16.1 Å². The molecule has 0 saturated carbocycles. The molecule has 20 heavy (non-hydrogen) atoms. The first-order valence-electron chi connectivity index (χ1n) is 6.71. The molecule has 0 bridgehead atoms. The van der Waals surface area contributed by atoms with E-state index >= 15 is 0 Å². The van der Waals surface area contributed by atoms with Crippen LogP contribution in [0.3, 0.4) is 0 Å². The Morgan fingerprint density at radius 3 is 2.65 bits per heavy atom. The monoisotopic (exact) mass is 277 g/mol. The van der Waals surface area contributed by atoms with Crippen molar-refractivity contribution < 1.29 is 19.4 Å². The van der Waals surface area contributed by atoms with Crippen LogP contribution in [0.15, 0.2) is 24.3 Å². The minimum absolute atomic E-state index is 0.0354. The molecule has 108 valence electrons. The van der Waals surface area contributed by atoms with E-state index in [4.69, 9.17) is 9.84 Å². The van der Waals surface area contributed by atoms with E-state index in [2.05, 4.69) is 0 Å². The van der Waals surface area contributed by atoms with Crippen molar-refractivity contribution in [2.45, 2.75) is 19.4 Å². The van der Waals surface area contributed by atoms with Gasteiger partial charge in [0.2, 0.25) is 0 Å². The lowest BCUT2D eigenvalue weighted by molar-refractivity contribution is -0.143. The first-order valence-corrected chi connectivity index (χ1v) is 6.71. The van der Waals surface area contributed by atoms with Crippen molar-refractivity contribution in [1.82, 2.24) is 4.90 Å². The Kier molecular flexibility index (Phi) is 4.74. The van der Waals surface area contributed by atoms with Crippen LogP contribution in [0.5, 0.6) is 0 Å². The minimum atomic E-state index is -0.765. The zero-order valence-corrected chi connectivity index (χ0v) is 11.5. The van der Waals surface area contributed by atoms with E-state index in [0.717, 1.165) is 5.56 Å². The Morgan fingerprint density at radius 2 is 2.05 bits per heavy atom. The SMILES string of the molecule is COCc1cccc(C(=O)N2CCC(C(=O)O)CC2)c1. The van der Waals surface area contributed by atoms with E-state index < -0.39 is 5.97 Å². The summed E-state index contributed by atoms with van der Waals surface area (Å²) in [5.41, 5.74) is 1.59. The number of carbonyl (C=O) groups is 2. The highest BCUT2D eigenvalue weighted by atomic mass is 16.5. The standard InChI is InChI=1S/C15H19NO4/c1-20-10-11-3-2-4-13(9-11)14(17)16-7-5-12(6-8-16)15(18)19/h2-4,9,12H,5-8,10H2,1H3,(H,18,19). The van der Waals surface area contributed by atoms with E-state index in [1.54, 1.807) is 18.1 Å². The highest BCUT2D eigenvalue weighted by Gasteiger charge is 2.27. The number of rotatable bonds is 4. The van der Waals surface area contributed by atoms with Gasteiger partial charge in [-0.1, -0.05) is 12.1 Å². The fourth-order valence-corrected chi connectivity index (χ4v) is 2.47. The summed E-state index contributed by atoms with van der Waals surface area (Å²) in [7, 11) is 1.62. The number of carboxylic acid groups (broad SMARTS) is 1. The van der Waals surface area contributed by atoms with Crippen molar-refractivity contribution in [1.29, 1.82) is 0 Å². The van der Waals surface area contributed by atoms with Gasteiger partial charge >= 0.3 is 5.97 Å². The number of benzene rings is 1. The van der Waals surface area contributed by atoms with E-state index in [0.29, 0.717) is 38.1 Å². The summed E-state index contributed by atoms with van der Waals surface area (Å²) in [6, 6.07) is 7.36. The van der Waals surface area contributed by atoms with Crippen LogP contribution < -0.4 is 0 Å². The average Bonchev–Trinajstić information content (AvgIpc) is 2.47. The van der Waals surface area contributed by atoms with Gasteiger partial charge < -0.3 is 14.7 Å². The molecular weight excluding hydrogens is 258 g/mol. The third kappa shape index (κ3) is 3.36. The molecule has 1 fully saturated rings. The van der Waals surface area contributed by atoms with Gasteiger partial charge in [-0.15, -0.1) is 0 Å². The highest BCUT2D eigenvalue weighted by Crippen LogP contribution is 2.19. The third-order valence-electron chi connectivity index (χ3n) is 3.62. The van der Waals surface area contributed by atoms with Crippen LogP contribution in [0, 0.1) is 5.92 Å². The maximum absolute atomic E-state index is 12.4. The van der Waals surface area contributed by atoms with E-state index in [1.165, 1.54) is 0 Å². The molecule has 1 N–H and O–H groups in total. The maximum atomic E-state index is 12.4. The summed E-state index contributed by atoms with van der Waals surface area (Å²) in [5.74, 6) is -1.12. The molecule has 1 heterocycles. The van der Waals surface area contributed by atoms with Crippen LogP contribution in [0.25, 0.3) is 0 Å². The third-order valence-corrected chi connectivity index (χ3v) is 3.62. The Balaban J connectivity index is 2.01. The molecule has 1 aromatic carbocycles. The Labute approximate surface area is 118 Å². The normalized spacial score (nSPS) is 16.1. The maximum Gasteiger partial charge on any atom is 0.306 e. The van der Waals surface area contributed by atoms with Gasteiger partial charge in [0.05, 0.1) is 12.5 Å². The number of likely N-dealkylation sites (tertiary alicyclic amines) is 1. The molecule has 0 atom stereocenters. The van der Waals surface area contributed by atoms with Gasteiger partial charge in [0.1, 0.15) is 0 Å². The summed E-state index contributed by atoms with van der Waals surface area (Å²) >= 11 is 0. The van der Waals surface area contributed by atoms with Crippen molar-refractivity contribution >= 4 is 11.9 Å². The van der Waals surface area contributed by atoms with Crippen molar-refractivity contribution in [3.05, 3.63) is 35.4 Å². The summed E-state index contributed by atoms with van der Waals surface area (Å²) in [5, 5.41) is 8.96.